The highest BCUT2D eigenvalue weighted by Gasteiger charge is 2.08. The summed E-state index contributed by atoms with van der Waals surface area (Å²) in [6, 6.07) is 13.1. The van der Waals surface area contributed by atoms with Gasteiger partial charge in [0.2, 0.25) is 0 Å². The fourth-order valence-electron chi connectivity index (χ4n) is 2.40. The molecular formula is C18H22Br2. The van der Waals surface area contributed by atoms with Gasteiger partial charge in [0.05, 0.1) is 0 Å². The summed E-state index contributed by atoms with van der Waals surface area (Å²) in [6.07, 6.45) is 0. The van der Waals surface area contributed by atoms with E-state index < -0.39 is 0 Å². The van der Waals surface area contributed by atoms with Gasteiger partial charge in [-0.2, -0.15) is 0 Å². The van der Waals surface area contributed by atoms with E-state index in [9.17, 15) is 0 Å². The van der Waals surface area contributed by atoms with Crippen molar-refractivity contribution < 1.29 is 0 Å². The molecule has 0 fully saturated rings. The van der Waals surface area contributed by atoms with E-state index in [0.717, 1.165) is 10.7 Å². The average molecular weight is 398 g/mol. The quantitative estimate of drug-likeness (QED) is 0.438. The van der Waals surface area contributed by atoms with Crippen LogP contribution >= 0.6 is 31.9 Å². The maximum atomic E-state index is 3.56. The molecule has 0 aromatic heterocycles. The Bertz CT molecular complexity index is 669. The van der Waals surface area contributed by atoms with Gasteiger partial charge in [-0.25, -0.2) is 0 Å². The second kappa shape index (κ2) is 8.63. The molecule has 2 aromatic rings. The molecule has 0 saturated heterocycles. The van der Waals surface area contributed by atoms with Crippen LogP contribution in [0.1, 0.15) is 38.8 Å². The van der Waals surface area contributed by atoms with Crippen LogP contribution in [-0.4, -0.2) is 0 Å². The van der Waals surface area contributed by atoms with Crippen LogP contribution in [0.4, 0.5) is 0 Å². The van der Waals surface area contributed by atoms with E-state index in [1.165, 1.54) is 32.0 Å². The topological polar surface area (TPSA) is 0 Å². The molecule has 20 heavy (non-hydrogen) atoms. The number of alkyl halides is 2. The molecule has 1 aliphatic rings. The third-order valence-corrected chi connectivity index (χ3v) is 4.34. The molecule has 1 aliphatic carbocycles. The van der Waals surface area contributed by atoms with E-state index in [-0.39, 0.29) is 0 Å². The van der Waals surface area contributed by atoms with Crippen LogP contribution in [0, 0.1) is 20.9 Å². The second-order valence-corrected chi connectivity index (χ2v) is 5.07. The van der Waals surface area contributed by atoms with Gasteiger partial charge in [0, 0.05) is 10.7 Å². The molecule has 0 heterocycles. The minimum absolute atomic E-state index is 0.923. The first-order valence-corrected chi connectivity index (χ1v) is 9.47. The van der Waals surface area contributed by atoms with Crippen LogP contribution in [0.2, 0.25) is 0 Å². The van der Waals surface area contributed by atoms with Gasteiger partial charge in [0.25, 0.3) is 0 Å². The van der Waals surface area contributed by atoms with Crippen LogP contribution < -0.4 is 0 Å². The molecule has 2 heteroatoms. The summed E-state index contributed by atoms with van der Waals surface area (Å²) in [5.74, 6) is 0. The van der Waals surface area contributed by atoms with E-state index in [2.05, 4.69) is 68.3 Å². The summed E-state index contributed by atoms with van der Waals surface area (Å²) in [6.45, 7) is 8.00. The summed E-state index contributed by atoms with van der Waals surface area (Å²) in [4.78, 5) is 0. The van der Waals surface area contributed by atoms with E-state index in [0.29, 0.717) is 0 Å². The molecule has 0 aliphatic heterocycles. The van der Waals surface area contributed by atoms with Gasteiger partial charge in [-0.3, -0.25) is 0 Å². The van der Waals surface area contributed by atoms with Crippen molar-refractivity contribution in [1.29, 1.82) is 0 Å². The lowest BCUT2D eigenvalue weighted by atomic mass is 9.95. The highest BCUT2D eigenvalue weighted by Crippen LogP contribution is 2.22. The fourth-order valence-corrected chi connectivity index (χ4v) is 3.33. The Morgan fingerprint density at radius 1 is 0.650 bits per heavy atom. The first-order valence-electron chi connectivity index (χ1n) is 7.23. The summed E-state index contributed by atoms with van der Waals surface area (Å²) in [5, 5.41) is 7.51. The summed E-state index contributed by atoms with van der Waals surface area (Å²) >= 11 is 7.13. The molecule has 0 N–H and O–H groups in total. The Kier molecular flexibility index (Phi) is 7.53. The van der Waals surface area contributed by atoms with Gasteiger partial charge in [-0.15, -0.1) is 0 Å². The molecule has 0 amide bonds. The van der Waals surface area contributed by atoms with Crippen LogP contribution in [0.25, 0.3) is 0 Å². The number of benzene rings is 2. The Labute approximate surface area is 138 Å². The normalized spacial score (nSPS) is 9.90. The van der Waals surface area contributed by atoms with Gasteiger partial charge < -0.3 is 0 Å². The van der Waals surface area contributed by atoms with Crippen LogP contribution in [0.3, 0.4) is 0 Å². The molecule has 0 spiro atoms. The lowest BCUT2D eigenvalue weighted by Crippen LogP contribution is -1.98. The number of fused-ring (bicyclic) bond motifs is 2. The monoisotopic (exact) mass is 396 g/mol. The average Bonchev–Trinajstić information content (AvgIpc) is 2.54. The molecule has 0 saturated carbocycles. The van der Waals surface area contributed by atoms with Gasteiger partial charge in [0.15, 0.2) is 0 Å². The Morgan fingerprint density at radius 3 is 1.30 bits per heavy atom. The van der Waals surface area contributed by atoms with Crippen molar-refractivity contribution in [3.8, 4) is 0 Å². The highest BCUT2D eigenvalue weighted by atomic mass is 79.9. The summed E-state index contributed by atoms with van der Waals surface area (Å²) in [5.41, 5.74) is 2.77. The molecule has 2 aromatic carbocycles. The first kappa shape index (κ1) is 17.5. The van der Waals surface area contributed by atoms with Crippen molar-refractivity contribution in [1.82, 2.24) is 0 Å². The van der Waals surface area contributed by atoms with Crippen LogP contribution in [0.15, 0.2) is 36.4 Å². The second-order valence-electron chi connectivity index (χ2n) is 3.95. The van der Waals surface area contributed by atoms with Crippen molar-refractivity contribution in [2.75, 3.05) is 0 Å². The standard InChI is InChI=1S/C14H10Br2.2C2H6/c15-7-9-3-1-5-11-12-6-2-4-10(8-16)14(12)13(9)11;2*1-2/h1-6H,7-8H2;2*1-2H3. The van der Waals surface area contributed by atoms with Crippen LogP contribution in [-0.2, 0) is 10.7 Å². The van der Waals surface area contributed by atoms with Crippen molar-refractivity contribution in [2.24, 2.45) is 0 Å². The largest absolute Gasteiger partial charge is 0.0876 e. The third-order valence-electron chi connectivity index (χ3n) is 3.13. The summed E-state index contributed by atoms with van der Waals surface area (Å²) < 4.78 is 0. The molecule has 0 radical (unpaired) electrons. The molecule has 0 unspecified atom stereocenters. The zero-order valence-electron chi connectivity index (χ0n) is 12.6. The molecule has 0 atom stereocenters. The van der Waals surface area contributed by atoms with Gasteiger partial charge in [-0.05, 0) is 32.0 Å². The number of halogens is 2. The predicted molar refractivity (Wildman–Crippen MR) is 96.2 cm³/mol. The number of hydrogen-bond acceptors (Lipinski definition) is 0. The van der Waals surface area contributed by atoms with Crippen molar-refractivity contribution >= 4 is 31.9 Å². The van der Waals surface area contributed by atoms with Crippen molar-refractivity contribution in [3.63, 3.8) is 0 Å². The van der Waals surface area contributed by atoms with E-state index >= 15 is 0 Å². The fraction of sp³-hybridized carbons (Fsp3) is 0.333. The molecule has 0 bridgehead atoms. The van der Waals surface area contributed by atoms with Crippen molar-refractivity contribution in [2.45, 2.75) is 38.4 Å². The predicted octanol–water partition coefficient (Wildman–Crippen LogP) is 6.42. The summed E-state index contributed by atoms with van der Waals surface area (Å²) in [7, 11) is 0. The lowest BCUT2D eigenvalue weighted by molar-refractivity contribution is 1.18. The Hall–Kier alpha value is -0.600. The molecule has 108 valence electrons. The van der Waals surface area contributed by atoms with Crippen LogP contribution in [0.5, 0.6) is 0 Å². The maximum absolute atomic E-state index is 3.56. The SMILES string of the molecule is BrCc1cccc2c1=c1c(CBr)cccc1=2.CC.CC. The third kappa shape index (κ3) is 3.01. The lowest BCUT2D eigenvalue weighted by Gasteiger charge is -2.11. The van der Waals surface area contributed by atoms with E-state index in [1.807, 2.05) is 27.7 Å². The van der Waals surface area contributed by atoms with Gasteiger partial charge >= 0.3 is 0 Å². The Balaban J connectivity index is 0.000000461. The van der Waals surface area contributed by atoms with Gasteiger partial charge in [-0.1, -0.05) is 96.0 Å². The first-order chi connectivity index (χ1) is 9.86. The maximum Gasteiger partial charge on any atom is 0.0289 e. The number of rotatable bonds is 2. The molecule has 0 nitrogen and oxygen atoms in total. The Morgan fingerprint density at radius 2 is 1.00 bits per heavy atom. The highest BCUT2D eigenvalue weighted by molar-refractivity contribution is 9.08. The molecule has 3 rings (SSSR count). The van der Waals surface area contributed by atoms with Gasteiger partial charge in [0.1, 0.15) is 0 Å². The smallest absolute Gasteiger partial charge is 0.0289 e. The number of hydrogen-bond donors (Lipinski definition) is 0. The van der Waals surface area contributed by atoms with E-state index in [4.69, 9.17) is 0 Å². The van der Waals surface area contributed by atoms with Crippen molar-refractivity contribution in [3.05, 3.63) is 68.4 Å². The minimum atomic E-state index is 0.923. The zero-order chi connectivity index (χ0) is 15.1. The minimum Gasteiger partial charge on any atom is -0.0876 e. The zero-order valence-corrected chi connectivity index (χ0v) is 15.8. The molecular weight excluding hydrogens is 376 g/mol. The van der Waals surface area contributed by atoms with E-state index in [1.54, 1.807) is 0 Å².